The molecule has 1 saturated heterocycles. The SMILES string of the molecule is CC(C)n1ccnc(NC2CCCOC2)c1=O. The van der Waals surface area contributed by atoms with Crippen LogP contribution in [0.1, 0.15) is 32.7 Å². The van der Waals surface area contributed by atoms with E-state index in [1.807, 2.05) is 13.8 Å². The van der Waals surface area contributed by atoms with Crippen molar-refractivity contribution >= 4 is 5.82 Å². The number of hydrogen-bond acceptors (Lipinski definition) is 4. The minimum absolute atomic E-state index is 0.0620. The van der Waals surface area contributed by atoms with Gasteiger partial charge in [0.05, 0.1) is 12.6 Å². The summed E-state index contributed by atoms with van der Waals surface area (Å²) < 4.78 is 7.05. The first kappa shape index (κ1) is 12.1. The monoisotopic (exact) mass is 237 g/mol. The van der Waals surface area contributed by atoms with Crippen LogP contribution in [-0.4, -0.2) is 28.8 Å². The van der Waals surface area contributed by atoms with Crippen molar-refractivity contribution in [1.82, 2.24) is 9.55 Å². The van der Waals surface area contributed by atoms with Crippen molar-refractivity contribution in [2.75, 3.05) is 18.5 Å². The first-order valence-corrected chi connectivity index (χ1v) is 6.10. The summed E-state index contributed by atoms with van der Waals surface area (Å²) in [6.45, 7) is 5.43. The molecule has 5 heteroatoms. The average Bonchev–Trinajstić information content (AvgIpc) is 2.33. The van der Waals surface area contributed by atoms with E-state index in [1.54, 1.807) is 17.0 Å². The van der Waals surface area contributed by atoms with Crippen LogP contribution in [0.5, 0.6) is 0 Å². The molecule has 0 aliphatic carbocycles. The molecule has 1 aromatic heterocycles. The van der Waals surface area contributed by atoms with Crippen LogP contribution in [0.3, 0.4) is 0 Å². The van der Waals surface area contributed by atoms with Crippen LogP contribution < -0.4 is 10.9 Å². The highest BCUT2D eigenvalue weighted by Gasteiger charge is 2.16. The molecule has 5 nitrogen and oxygen atoms in total. The largest absolute Gasteiger partial charge is 0.379 e. The van der Waals surface area contributed by atoms with Gasteiger partial charge >= 0.3 is 0 Å². The summed E-state index contributed by atoms with van der Waals surface area (Å²) in [7, 11) is 0. The maximum Gasteiger partial charge on any atom is 0.293 e. The highest BCUT2D eigenvalue weighted by molar-refractivity contribution is 5.32. The predicted octanol–water partition coefficient (Wildman–Crippen LogP) is 1.42. The Kier molecular flexibility index (Phi) is 3.78. The van der Waals surface area contributed by atoms with Gasteiger partial charge in [-0.1, -0.05) is 0 Å². The van der Waals surface area contributed by atoms with Gasteiger partial charge in [0.15, 0.2) is 5.82 Å². The van der Waals surface area contributed by atoms with Crippen LogP contribution in [0.2, 0.25) is 0 Å². The summed E-state index contributed by atoms with van der Waals surface area (Å²) in [6, 6.07) is 0.348. The molecular weight excluding hydrogens is 218 g/mol. The molecule has 0 radical (unpaired) electrons. The lowest BCUT2D eigenvalue weighted by atomic mass is 10.1. The molecular formula is C12H19N3O2. The van der Waals surface area contributed by atoms with E-state index in [9.17, 15) is 4.79 Å². The van der Waals surface area contributed by atoms with E-state index in [0.29, 0.717) is 12.4 Å². The van der Waals surface area contributed by atoms with E-state index in [1.165, 1.54) is 0 Å². The molecule has 2 rings (SSSR count). The van der Waals surface area contributed by atoms with Gasteiger partial charge in [0.25, 0.3) is 5.56 Å². The summed E-state index contributed by atoms with van der Waals surface area (Å²) in [5.41, 5.74) is -0.0620. The molecule has 1 unspecified atom stereocenters. The van der Waals surface area contributed by atoms with Gasteiger partial charge in [0.2, 0.25) is 0 Å². The fraction of sp³-hybridized carbons (Fsp3) is 0.667. The molecule has 1 N–H and O–H groups in total. The van der Waals surface area contributed by atoms with Crippen LogP contribution in [0.4, 0.5) is 5.82 Å². The number of nitrogens with zero attached hydrogens (tertiary/aromatic N) is 2. The lowest BCUT2D eigenvalue weighted by Gasteiger charge is -2.23. The number of rotatable bonds is 3. The zero-order valence-corrected chi connectivity index (χ0v) is 10.3. The van der Waals surface area contributed by atoms with Crippen LogP contribution in [0, 0.1) is 0 Å². The van der Waals surface area contributed by atoms with Gasteiger partial charge in [-0.3, -0.25) is 4.79 Å². The lowest BCUT2D eigenvalue weighted by Crippen LogP contribution is -2.34. The van der Waals surface area contributed by atoms with Crippen LogP contribution in [0.15, 0.2) is 17.2 Å². The lowest BCUT2D eigenvalue weighted by molar-refractivity contribution is 0.0874. The molecule has 94 valence electrons. The topological polar surface area (TPSA) is 56.1 Å². The molecule has 0 saturated carbocycles. The molecule has 1 aliphatic rings. The number of hydrogen-bond donors (Lipinski definition) is 1. The summed E-state index contributed by atoms with van der Waals surface area (Å²) >= 11 is 0. The minimum atomic E-state index is -0.0620. The van der Waals surface area contributed by atoms with Gasteiger partial charge in [-0.25, -0.2) is 4.98 Å². The molecule has 1 aromatic rings. The Bertz CT molecular complexity index is 422. The molecule has 0 bridgehead atoms. The Labute approximate surface area is 101 Å². The van der Waals surface area contributed by atoms with Crippen molar-refractivity contribution < 1.29 is 4.74 Å². The quantitative estimate of drug-likeness (QED) is 0.863. The first-order chi connectivity index (χ1) is 8.18. The number of aromatic nitrogens is 2. The zero-order chi connectivity index (χ0) is 12.3. The van der Waals surface area contributed by atoms with Gasteiger partial charge in [-0.05, 0) is 26.7 Å². The van der Waals surface area contributed by atoms with E-state index in [4.69, 9.17) is 4.74 Å². The Morgan fingerprint density at radius 1 is 1.59 bits per heavy atom. The second-order valence-corrected chi connectivity index (χ2v) is 4.64. The summed E-state index contributed by atoms with van der Waals surface area (Å²) in [4.78, 5) is 16.2. The van der Waals surface area contributed by atoms with Gasteiger partial charge in [0, 0.05) is 25.0 Å². The fourth-order valence-electron chi connectivity index (χ4n) is 1.98. The highest BCUT2D eigenvalue weighted by atomic mass is 16.5. The molecule has 1 fully saturated rings. The van der Waals surface area contributed by atoms with Crippen molar-refractivity contribution in [2.24, 2.45) is 0 Å². The standard InChI is InChI=1S/C12H19N3O2/c1-9(2)15-6-5-13-11(12(15)16)14-10-4-3-7-17-8-10/h5-6,9-10H,3-4,7-8H2,1-2H3,(H,13,14). The number of anilines is 1. The molecule has 1 atom stereocenters. The smallest absolute Gasteiger partial charge is 0.293 e. The minimum Gasteiger partial charge on any atom is -0.379 e. The third-order valence-corrected chi connectivity index (χ3v) is 2.93. The predicted molar refractivity (Wildman–Crippen MR) is 66.3 cm³/mol. The van der Waals surface area contributed by atoms with Crippen LogP contribution in [-0.2, 0) is 4.74 Å². The Hall–Kier alpha value is -1.36. The Morgan fingerprint density at radius 3 is 3.06 bits per heavy atom. The van der Waals surface area contributed by atoms with E-state index < -0.39 is 0 Å². The maximum absolute atomic E-state index is 12.1. The normalized spacial score (nSPS) is 20.5. The van der Waals surface area contributed by atoms with Crippen molar-refractivity contribution in [3.05, 3.63) is 22.7 Å². The summed E-state index contributed by atoms with van der Waals surface area (Å²) in [5.74, 6) is 0.428. The number of ether oxygens (including phenoxy) is 1. The molecule has 0 spiro atoms. The molecule has 2 heterocycles. The number of nitrogens with one attached hydrogen (secondary N) is 1. The third kappa shape index (κ3) is 2.85. The van der Waals surface area contributed by atoms with E-state index in [-0.39, 0.29) is 17.6 Å². The molecule has 17 heavy (non-hydrogen) atoms. The van der Waals surface area contributed by atoms with Gasteiger partial charge in [-0.15, -0.1) is 0 Å². The van der Waals surface area contributed by atoms with E-state index in [2.05, 4.69) is 10.3 Å². The van der Waals surface area contributed by atoms with Crippen molar-refractivity contribution in [1.29, 1.82) is 0 Å². The van der Waals surface area contributed by atoms with Crippen LogP contribution >= 0.6 is 0 Å². The average molecular weight is 237 g/mol. The highest BCUT2D eigenvalue weighted by Crippen LogP contribution is 2.10. The first-order valence-electron chi connectivity index (χ1n) is 6.10. The van der Waals surface area contributed by atoms with Gasteiger partial charge < -0.3 is 14.6 Å². The van der Waals surface area contributed by atoms with Gasteiger partial charge in [0.1, 0.15) is 0 Å². The zero-order valence-electron chi connectivity index (χ0n) is 10.3. The van der Waals surface area contributed by atoms with Crippen molar-refractivity contribution in [3.8, 4) is 0 Å². The third-order valence-electron chi connectivity index (χ3n) is 2.93. The Morgan fingerprint density at radius 2 is 2.41 bits per heavy atom. The second-order valence-electron chi connectivity index (χ2n) is 4.64. The van der Waals surface area contributed by atoms with E-state index >= 15 is 0 Å². The fourth-order valence-corrected chi connectivity index (χ4v) is 1.98. The van der Waals surface area contributed by atoms with Crippen molar-refractivity contribution in [2.45, 2.75) is 38.8 Å². The molecule has 0 amide bonds. The Balaban J connectivity index is 2.15. The summed E-state index contributed by atoms with van der Waals surface area (Å²) in [6.07, 6.45) is 5.43. The van der Waals surface area contributed by atoms with Crippen LogP contribution in [0.25, 0.3) is 0 Å². The van der Waals surface area contributed by atoms with Crippen molar-refractivity contribution in [3.63, 3.8) is 0 Å². The molecule has 1 aliphatic heterocycles. The second kappa shape index (κ2) is 5.31. The molecule has 0 aromatic carbocycles. The summed E-state index contributed by atoms with van der Waals surface area (Å²) in [5, 5.41) is 3.17. The van der Waals surface area contributed by atoms with E-state index in [0.717, 1.165) is 19.4 Å². The van der Waals surface area contributed by atoms with Gasteiger partial charge in [-0.2, -0.15) is 0 Å². The maximum atomic E-state index is 12.1.